The maximum absolute atomic E-state index is 13.1. The molecule has 6 unspecified atom stereocenters. The van der Waals surface area contributed by atoms with E-state index in [4.69, 9.17) is 23.7 Å². The standard InChI is InChI=1S/C61H108O12/c1-4-7-10-13-16-19-22-25-26-27-28-31-32-35-38-41-44-47-53(62)69-50-52(71-54(63)48-45-42-39-36-33-29-23-20-17-14-11-8-5-2)51-70-61-59(57(66)56(65)58(73-61)60(67)68)72-55(64)49-46-43-40-37-34-30-24-21-18-15-12-9-6-3/h12,15,20-21,23-24,52,56-59,61,65-66H,4-11,13-14,16-19,22,25-51H2,1-3H3,(H,67,68)/b15-12-,23-20-,24-21-. The molecule has 6 atom stereocenters. The summed E-state index contributed by atoms with van der Waals surface area (Å²) in [6, 6.07) is 0. The van der Waals surface area contributed by atoms with E-state index in [2.05, 4.69) is 57.2 Å². The van der Waals surface area contributed by atoms with Gasteiger partial charge in [0, 0.05) is 19.3 Å². The molecule has 12 heteroatoms. The van der Waals surface area contributed by atoms with Crippen LogP contribution in [0.1, 0.15) is 278 Å². The monoisotopic (exact) mass is 1030 g/mol. The van der Waals surface area contributed by atoms with Gasteiger partial charge < -0.3 is 39.0 Å². The first kappa shape index (κ1) is 68.0. The number of hydrogen-bond acceptors (Lipinski definition) is 11. The largest absolute Gasteiger partial charge is 0.479 e. The molecule has 1 rings (SSSR count). The van der Waals surface area contributed by atoms with Crippen molar-refractivity contribution in [3.8, 4) is 0 Å². The van der Waals surface area contributed by atoms with Crippen LogP contribution in [0.3, 0.4) is 0 Å². The third kappa shape index (κ3) is 39.9. The van der Waals surface area contributed by atoms with Gasteiger partial charge in [0.05, 0.1) is 6.61 Å². The van der Waals surface area contributed by atoms with Crippen molar-refractivity contribution in [1.29, 1.82) is 0 Å². The summed E-state index contributed by atoms with van der Waals surface area (Å²) in [4.78, 5) is 51.1. The number of aliphatic hydroxyl groups is 2. The van der Waals surface area contributed by atoms with Crippen LogP contribution in [-0.4, -0.2) is 89.2 Å². The zero-order valence-corrected chi connectivity index (χ0v) is 46.6. The topological polar surface area (TPSA) is 175 Å². The first-order chi connectivity index (χ1) is 35.6. The molecule has 424 valence electrons. The first-order valence-corrected chi connectivity index (χ1v) is 30.0. The number of allylic oxidation sites excluding steroid dienone is 6. The lowest BCUT2D eigenvalue weighted by Crippen LogP contribution is -2.61. The quantitative estimate of drug-likeness (QED) is 0.0228. The van der Waals surface area contributed by atoms with Crippen molar-refractivity contribution in [2.45, 2.75) is 314 Å². The summed E-state index contributed by atoms with van der Waals surface area (Å²) in [7, 11) is 0. The number of esters is 3. The highest BCUT2D eigenvalue weighted by atomic mass is 16.7. The van der Waals surface area contributed by atoms with Crippen molar-refractivity contribution in [2.24, 2.45) is 0 Å². The van der Waals surface area contributed by atoms with Gasteiger partial charge in [0.25, 0.3) is 0 Å². The molecule has 3 N–H and O–H groups in total. The predicted octanol–water partition coefficient (Wildman–Crippen LogP) is 15.2. The molecule has 1 saturated heterocycles. The molecule has 0 saturated carbocycles. The molecule has 1 fully saturated rings. The van der Waals surface area contributed by atoms with Gasteiger partial charge in [-0.15, -0.1) is 0 Å². The Kier molecular flexibility index (Phi) is 46.4. The van der Waals surface area contributed by atoms with Gasteiger partial charge in [-0.05, 0) is 70.6 Å². The summed E-state index contributed by atoms with van der Waals surface area (Å²) in [5, 5.41) is 31.4. The van der Waals surface area contributed by atoms with Crippen molar-refractivity contribution in [3.05, 3.63) is 36.5 Å². The second kappa shape index (κ2) is 49.8. The SMILES string of the molecule is CCC/C=C\C/C=C\CCCCCCCC(=O)OC1C(OCC(COC(=O)CCCCCCCCCCCCCCCCCCC)OC(=O)CCCCCCC/C=C\CCCCCC)OC(C(=O)O)C(O)C1O. The van der Waals surface area contributed by atoms with Gasteiger partial charge in [-0.25, -0.2) is 4.79 Å². The highest BCUT2D eigenvalue weighted by Crippen LogP contribution is 2.26. The molecular weight excluding hydrogens is 925 g/mol. The van der Waals surface area contributed by atoms with E-state index in [1.54, 1.807) is 0 Å². The van der Waals surface area contributed by atoms with E-state index in [0.717, 1.165) is 109 Å². The number of aliphatic hydroxyl groups excluding tert-OH is 2. The van der Waals surface area contributed by atoms with Crippen LogP contribution in [0.15, 0.2) is 36.5 Å². The smallest absolute Gasteiger partial charge is 0.335 e. The van der Waals surface area contributed by atoms with E-state index in [-0.39, 0.29) is 25.9 Å². The Morgan fingerprint density at radius 2 is 0.849 bits per heavy atom. The molecule has 0 spiro atoms. The lowest BCUT2D eigenvalue weighted by Gasteiger charge is -2.40. The summed E-state index contributed by atoms with van der Waals surface area (Å²) in [5.74, 6) is -3.13. The minimum atomic E-state index is -1.91. The highest BCUT2D eigenvalue weighted by Gasteiger charge is 2.50. The molecule has 1 aliphatic heterocycles. The summed E-state index contributed by atoms with van der Waals surface area (Å²) in [5.41, 5.74) is 0. The number of carbonyl (C=O) groups is 4. The zero-order valence-electron chi connectivity index (χ0n) is 46.6. The lowest BCUT2D eigenvalue weighted by molar-refractivity contribution is -0.301. The number of rotatable bonds is 51. The third-order valence-electron chi connectivity index (χ3n) is 13.7. The van der Waals surface area contributed by atoms with Crippen LogP contribution < -0.4 is 0 Å². The highest BCUT2D eigenvalue weighted by molar-refractivity contribution is 5.74. The number of carboxylic acid groups (broad SMARTS) is 1. The second-order valence-electron chi connectivity index (χ2n) is 20.6. The molecule has 0 aromatic heterocycles. The number of carbonyl (C=O) groups excluding carboxylic acids is 3. The molecule has 12 nitrogen and oxygen atoms in total. The molecule has 0 aromatic carbocycles. The van der Waals surface area contributed by atoms with E-state index < -0.39 is 67.3 Å². The first-order valence-electron chi connectivity index (χ1n) is 30.0. The molecule has 0 aromatic rings. The Balaban J connectivity index is 2.68. The molecule has 1 aliphatic rings. The van der Waals surface area contributed by atoms with Crippen LogP contribution in [0, 0.1) is 0 Å². The van der Waals surface area contributed by atoms with Crippen LogP contribution >= 0.6 is 0 Å². The number of ether oxygens (including phenoxy) is 5. The molecule has 0 amide bonds. The molecular formula is C61H108O12. The molecule has 73 heavy (non-hydrogen) atoms. The van der Waals surface area contributed by atoms with Gasteiger partial charge in [-0.3, -0.25) is 14.4 Å². The zero-order chi connectivity index (χ0) is 53.3. The fourth-order valence-corrected chi connectivity index (χ4v) is 9.05. The van der Waals surface area contributed by atoms with Crippen LogP contribution in [0.25, 0.3) is 0 Å². The van der Waals surface area contributed by atoms with E-state index >= 15 is 0 Å². The van der Waals surface area contributed by atoms with E-state index in [9.17, 15) is 34.5 Å². The van der Waals surface area contributed by atoms with Gasteiger partial charge in [-0.1, -0.05) is 224 Å². The summed E-state index contributed by atoms with van der Waals surface area (Å²) >= 11 is 0. The Morgan fingerprint density at radius 1 is 0.452 bits per heavy atom. The van der Waals surface area contributed by atoms with Crippen molar-refractivity contribution in [3.63, 3.8) is 0 Å². The number of carboxylic acids is 1. The number of unbranched alkanes of at least 4 members (excludes halogenated alkanes) is 31. The average molecular weight is 1030 g/mol. The van der Waals surface area contributed by atoms with E-state index in [0.29, 0.717) is 19.3 Å². The van der Waals surface area contributed by atoms with Crippen molar-refractivity contribution >= 4 is 23.9 Å². The average Bonchev–Trinajstić information content (AvgIpc) is 3.37. The second-order valence-corrected chi connectivity index (χ2v) is 20.6. The van der Waals surface area contributed by atoms with Gasteiger partial charge in [0.2, 0.25) is 0 Å². The minimum Gasteiger partial charge on any atom is -0.479 e. The molecule has 0 radical (unpaired) electrons. The molecule has 1 heterocycles. The van der Waals surface area contributed by atoms with Crippen LogP contribution in [0.2, 0.25) is 0 Å². The molecule has 0 bridgehead atoms. The van der Waals surface area contributed by atoms with Crippen molar-refractivity contribution < 1.29 is 58.2 Å². The number of aliphatic carboxylic acids is 1. The number of hydrogen-bond donors (Lipinski definition) is 3. The van der Waals surface area contributed by atoms with Crippen LogP contribution in [-0.2, 0) is 42.9 Å². The maximum Gasteiger partial charge on any atom is 0.335 e. The minimum absolute atomic E-state index is 0.0459. The van der Waals surface area contributed by atoms with Crippen LogP contribution in [0.5, 0.6) is 0 Å². The Labute approximate surface area is 444 Å². The van der Waals surface area contributed by atoms with E-state index in [1.165, 1.54) is 109 Å². The summed E-state index contributed by atoms with van der Waals surface area (Å²) in [6.45, 7) is 5.92. The Hall–Kier alpha value is -3.06. The fraction of sp³-hybridized carbons (Fsp3) is 0.836. The Bertz CT molecular complexity index is 1410. The summed E-state index contributed by atoms with van der Waals surface area (Å²) in [6.07, 6.45) is 45.4. The summed E-state index contributed by atoms with van der Waals surface area (Å²) < 4.78 is 28.4. The predicted molar refractivity (Wildman–Crippen MR) is 294 cm³/mol. The third-order valence-corrected chi connectivity index (χ3v) is 13.7. The van der Waals surface area contributed by atoms with E-state index in [1.807, 2.05) is 0 Å². The van der Waals surface area contributed by atoms with Gasteiger partial charge in [0.15, 0.2) is 24.6 Å². The normalized spacial score (nSPS) is 18.5. The van der Waals surface area contributed by atoms with Crippen LogP contribution in [0.4, 0.5) is 0 Å². The lowest BCUT2D eigenvalue weighted by atomic mass is 9.98. The van der Waals surface area contributed by atoms with Crippen molar-refractivity contribution in [2.75, 3.05) is 13.2 Å². The van der Waals surface area contributed by atoms with Gasteiger partial charge in [0.1, 0.15) is 18.8 Å². The van der Waals surface area contributed by atoms with Crippen molar-refractivity contribution in [1.82, 2.24) is 0 Å². The maximum atomic E-state index is 13.1. The molecule has 0 aliphatic carbocycles. The fourth-order valence-electron chi connectivity index (χ4n) is 9.05. The Morgan fingerprint density at radius 3 is 1.32 bits per heavy atom. The van der Waals surface area contributed by atoms with Gasteiger partial charge >= 0.3 is 23.9 Å². The van der Waals surface area contributed by atoms with Gasteiger partial charge in [-0.2, -0.15) is 0 Å².